The van der Waals surface area contributed by atoms with E-state index in [1.54, 1.807) is 12.1 Å². The molecule has 0 fully saturated rings. The maximum Gasteiger partial charge on any atom is 0.340 e. The van der Waals surface area contributed by atoms with Crippen molar-refractivity contribution in [3.63, 3.8) is 0 Å². The van der Waals surface area contributed by atoms with E-state index in [1.807, 2.05) is 12.1 Å². The molecular formula is C13H18O3. The van der Waals surface area contributed by atoms with Crippen LogP contribution in [-0.2, 0) is 9.47 Å². The topological polar surface area (TPSA) is 35.5 Å². The lowest BCUT2D eigenvalue weighted by Crippen LogP contribution is -2.07. The molecule has 1 aromatic rings. The zero-order valence-electron chi connectivity index (χ0n) is 10.0. The fourth-order valence-corrected chi connectivity index (χ4v) is 1.38. The minimum atomic E-state index is -0.349. The van der Waals surface area contributed by atoms with Crippen LogP contribution in [-0.4, -0.2) is 19.9 Å². The van der Waals surface area contributed by atoms with Gasteiger partial charge in [0, 0.05) is 7.11 Å². The molecule has 0 aromatic heterocycles. The standard InChI is InChI=1S/C13H18O3/c1-4-10(2)11-5-7-12(8-6-11)13(14)16-9-15-3/h5-8,10H,4,9H2,1-3H3. The van der Waals surface area contributed by atoms with E-state index in [4.69, 9.17) is 4.74 Å². The van der Waals surface area contributed by atoms with E-state index in [-0.39, 0.29) is 12.8 Å². The summed E-state index contributed by atoms with van der Waals surface area (Å²) >= 11 is 0. The largest absolute Gasteiger partial charge is 0.435 e. The molecule has 88 valence electrons. The van der Waals surface area contributed by atoms with Gasteiger partial charge in [0.15, 0.2) is 6.79 Å². The molecule has 1 unspecified atom stereocenters. The third-order valence-corrected chi connectivity index (χ3v) is 2.64. The highest BCUT2D eigenvalue weighted by Gasteiger charge is 2.08. The molecule has 1 aromatic carbocycles. The van der Waals surface area contributed by atoms with Gasteiger partial charge in [0.05, 0.1) is 5.56 Å². The summed E-state index contributed by atoms with van der Waals surface area (Å²) in [7, 11) is 1.49. The van der Waals surface area contributed by atoms with E-state index in [0.29, 0.717) is 11.5 Å². The van der Waals surface area contributed by atoms with Gasteiger partial charge >= 0.3 is 5.97 Å². The molecule has 0 spiro atoms. The summed E-state index contributed by atoms with van der Waals surface area (Å²) in [4.78, 5) is 11.5. The summed E-state index contributed by atoms with van der Waals surface area (Å²) in [5, 5.41) is 0. The minimum absolute atomic E-state index is 0.00799. The Morgan fingerprint density at radius 2 is 1.94 bits per heavy atom. The number of carbonyl (C=O) groups excluding carboxylic acids is 1. The van der Waals surface area contributed by atoms with Crippen LogP contribution in [0.5, 0.6) is 0 Å². The Morgan fingerprint density at radius 3 is 2.44 bits per heavy atom. The van der Waals surface area contributed by atoms with Crippen molar-refractivity contribution in [1.82, 2.24) is 0 Å². The van der Waals surface area contributed by atoms with Crippen molar-refractivity contribution < 1.29 is 14.3 Å². The third-order valence-electron chi connectivity index (χ3n) is 2.64. The lowest BCUT2D eigenvalue weighted by molar-refractivity contribution is -0.0125. The number of esters is 1. The van der Waals surface area contributed by atoms with Gasteiger partial charge in [0.2, 0.25) is 0 Å². The number of methoxy groups -OCH3 is 1. The van der Waals surface area contributed by atoms with E-state index < -0.39 is 0 Å². The van der Waals surface area contributed by atoms with Crippen LogP contribution < -0.4 is 0 Å². The monoisotopic (exact) mass is 222 g/mol. The molecule has 0 N–H and O–H groups in total. The second-order valence-electron chi connectivity index (χ2n) is 3.77. The van der Waals surface area contributed by atoms with E-state index in [9.17, 15) is 4.79 Å². The summed E-state index contributed by atoms with van der Waals surface area (Å²) in [6, 6.07) is 7.52. The Hall–Kier alpha value is -1.35. The molecule has 16 heavy (non-hydrogen) atoms. The van der Waals surface area contributed by atoms with Gasteiger partial charge in [-0.05, 0) is 30.0 Å². The Morgan fingerprint density at radius 1 is 1.31 bits per heavy atom. The Balaban J connectivity index is 2.67. The van der Waals surface area contributed by atoms with E-state index >= 15 is 0 Å². The summed E-state index contributed by atoms with van der Waals surface area (Å²) < 4.78 is 9.51. The SMILES string of the molecule is CCC(C)c1ccc(C(=O)OCOC)cc1. The fourth-order valence-electron chi connectivity index (χ4n) is 1.38. The molecule has 1 atom stereocenters. The van der Waals surface area contributed by atoms with Crippen LogP contribution in [0.25, 0.3) is 0 Å². The van der Waals surface area contributed by atoms with Crippen molar-refractivity contribution in [1.29, 1.82) is 0 Å². The van der Waals surface area contributed by atoms with Gasteiger partial charge in [-0.2, -0.15) is 0 Å². The van der Waals surface area contributed by atoms with Crippen LogP contribution in [0.1, 0.15) is 42.1 Å². The van der Waals surface area contributed by atoms with Gasteiger partial charge in [0.1, 0.15) is 0 Å². The molecule has 0 radical (unpaired) electrons. The van der Waals surface area contributed by atoms with Crippen LogP contribution in [0.2, 0.25) is 0 Å². The highest BCUT2D eigenvalue weighted by molar-refractivity contribution is 5.89. The van der Waals surface area contributed by atoms with Crippen LogP contribution in [0, 0.1) is 0 Å². The van der Waals surface area contributed by atoms with E-state index in [0.717, 1.165) is 6.42 Å². The normalized spacial score (nSPS) is 12.2. The molecule has 0 aliphatic heterocycles. The van der Waals surface area contributed by atoms with Gasteiger partial charge in [-0.15, -0.1) is 0 Å². The van der Waals surface area contributed by atoms with Crippen LogP contribution in [0.15, 0.2) is 24.3 Å². The molecule has 0 bridgehead atoms. The first kappa shape index (κ1) is 12.7. The smallest absolute Gasteiger partial charge is 0.340 e. The number of hydrogen-bond donors (Lipinski definition) is 0. The fraction of sp³-hybridized carbons (Fsp3) is 0.462. The minimum Gasteiger partial charge on any atom is -0.435 e. The number of carbonyl (C=O) groups is 1. The Kier molecular flexibility index (Phi) is 4.99. The number of benzene rings is 1. The van der Waals surface area contributed by atoms with Gasteiger partial charge < -0.3 is 9.47 Å². The highest BCUT2D eigenvalue weighted by atomic mass is 16.7. The summed E-state index contributed by atoms with van der Waals surface area (Å²) in [6.07, 6.45) is 1.09. The summed E-state index contributed by atoms with van der Waals surface area (Å²) in [5.74, 6) is 0.168. The zero-order chi connectivity index (χ0) is 12.0. The van der Waals surface area contributed by atoms with Crippen molar-refractivity contribution in [2.75, 3.05) is 13.9 Å². The molecule has 0 heterocycles. The Bertz CT molecular complexity index is 330. The average molecular weight is 222 g/mol. The van der Waals surface area contributed by atoms with Crippen molar-refractivity contribution in [3.05, 3.63) is 35.4 Å². The molecular weight excluding hydrogens is 204 g/mol. The molecule has 3 nitrogen and oxygen atoms in total. The highest BCUT2D eigenvalue weighted by Crippen LogP contribution is 2.18. The first-order valence-electron chi connectivity index (χ1n) is 5.45. The second kappa shape index (κ2) is 6.28. The predicted octanol–water partition coefficient (Wildman–Crippen LogP) is 2.96. The number of ether oxygens (including phenoxy) is 2. The molecule has 0 saturated heterocycles. The first-order valence-corrected chi connectivity index (χ1v) is 5.45. The number of rotatable bonds is 5. The van der Waals surface area contributed by atoms with Gasteiger partial charge in [-0.1, -0.05) is 26.0 Å². The maximum atomic E-state index is 11.5. The van der Waals surface area contributed by atoms with E-state index in [2.05, 4.69) is 18.6 Å². The molecule has 0 saturated carbocycles. The van der Waals surface area contributed by atoms with Gasteiger partial charge in [-0.3, -0.25) is 0 Å². The lowest BCUT2D eigenvalue weighted by atomic mass is 9.98. The third kappa shape index (κ3) is 3.35. The second-order valence-corrected chi connectivity index (χ2v) is 3.77. The first-order chi connectivity index (χ1) is 7.69. The molecule has 0 aliphatic carbocycles. The van der Waals surface area contributed by atoms with Gasteiger partial charge in [-0.25, -0.2) is 4.79 Å². The molecule has 3 heteroatoms. The van der Waals surface area contributed by atoms with Crippen LogP contribution in [0.4, 0.5) is 0 Å². The van der Waals surface area contributed by atoms with Crippen molar-refractivity contribution in [2.24, 2.45) is 0 Å². The molecule has 0 amide bonds. The van der Waals surface area contributed by atoms with Crippen molar-refractivity contribution in [2.45, 2.75) is 26.2 Å². The lowest BCUT2D eigenvalue weighted by Gasteiger charge is -2.09. The van der Waals surface area contributed by atoms with E-state index in [1.165, 1.54) is 12.7 Å². The molecule has 1 rings (SSSR count). The summed E-state index contributed by atoms with van der Waals surface area (Å²) in [5.41, 5.74) is 1.80. The van der Waals surface area contributed by atoms with Crippen molar-refractivity contribution in [3.8, 4) is 0 Å². The van der Waals surface area contributed by atoms with Gasteiger partial charge in [0.25, 0.3) is 0 Å². The van der Waals surface area contributed by atoms with Crippen LogP contribution >= 0.6 is 0 Å². The quantitative estimate of drug-likeness (QED) is 0.567. The maximum absolute atomic E-state index is 11.5. The predicted molar refractivity (Wildman–Crippen MR) is 62.4 cm³/mol. The van der Waals surface area contributed by atoms with Crippen LogP contribution in [0.3, 0.4) is 0 Å². The van der Waals surface area contributed by atoms with Crippen molar-refractivity contribution >= 4 is 5.97 Å². The summed E-state index contributed by atoms with van der Waals surface area (Å²) in [6.45, 7) is 4.30. The zero-order valence-corrected chi connectivity index (χ0v) is 10.0. The average Bonchev–Trinajstić information content (AvgIpc) is 2.35. The number of hydrogen-bond acceptors (Lipinski definition) is 3. The molecule has 0 aliphatic rings. The Labute approximate surface area is 96.4 Å².